The zero-order chi connectivity index (χ0) is 14.3. The molecule has 0 N–H and O–H groups in total. The lowest BCUT2D eigenvalue weighted by molar-refractivity contribution is 0.0442. The third-order valence-electron chi connectivity index (χ3n) is 3.12. The molecule has 0 fully saturated rings. The normalized spacial score (nSPS) is 13.1. The number of aromatic nitrogens is 1. The van der Waals surface area contributed by atoms with E-state index < -0.39 is 11.9 Å². The van der Waals surface area contributed by atoms with Crippen molar-refractivity contribution in [1.29, 1.82) is 0 Å². The maximum atomic E-state index is 11.4. The number of hydrogen-bond acceptors (Lipinski definition) is 5. The van der Waals surface area contributed by atoms with E-state index in [-0.39, 0.29) is 11.1 Å². The van der Waals surface area contributed by atoms with Gasteiger partial charge in [-0.15, -0.1) is 0 Å². The Hall–Kier alpha value is -2.76. The molecule has 0 saturated carbocycles. The summed E-state index contributed by atoms with van der Waals surface area (Å²) in [6.07, 6.45) is 3.12. The number of ether oxygens (including phenoxy) is 3. The first kappa shape index (κ1) is 12.3. The van der Waals surface area contributed by atoms with Gasteiger partial charge in [-0.3, -0.25) is 0 Å². The van der Waals surface area contributed by atoms with Crippen LogP contribution in [0.3, 0.4) is 0 Å². The van der Waals surface area contributed by atoms with E-state index >= 15 is 0 Å². The van der Waals surface area contributed by atoms with Gasteiger partial charge in [0, 0.05) is 24.1 Å². The second-order valence-corrected chi connectivity index (χ2v) is 4.21. The predicted molar refractivity (Wildman–Crippen MR) is 68.6 cm³/mol. The maximum absolute atomic E-state index is 11.4. The van der Waals surface area contributed by atoms with E-state index in [2.05, 4.69) is 4.74 Å². The molecule has 0 bridgehead atoms. The van der Waals surface area contributed by atoms with Crippen LogP contribution >= 0.6 is 0 Å². The van der Waals surface area contributed by atoms with Crippen LogP contribution in [0, 0.1) is 0 Å². The molecular formula is C14H11NO5. The number of methoxy groups -OCH3 is 2. The first-order chi connectivity index (χ1) is 9.63. The SMILES string of the molecule is COc1ccc(-n2cc3c(c2)C(=O)OC3=O)cc1OC. The van der Waals surface area contributed by atoms with Crippen LogP contribution in [-0.2, 0) is 4.74 Å². The van der Waals surface area contributed by atoms with Gasteiger partial charge in [0.25, 0.3) is 0 Å². The lowest BCUT2D eigenvalue weighted by Crippen LogP contribution is -2.01. The van der Waals surface area contributed by atoms with Crippen LogP contribution in [0.25, 0.3) is 5.69 Å². The molecule has 102 valence electrons. The summed E-state index contributed by atoms with van der Waals surface area (Å²) in [5.41, 5.74) is 1.28. The summed E-state index contributed by atoms with van der Waals surface area (Å²) >= 11 is 0. The second-order valence-electron chi connectivity index (χ2n) is 4.21. The van der Waals surface area contributed by atoms with Gasteiger partial charge in [-0.25, -0.2) is 9.59 Å². The molecule has 0 saturated heterocycles. The minimum atomic E-state index is -0.621. The minimum Gasteiger partial charge on any atom is -0.493 e. The predicted octanol–water partition coefficient (Wildman–Crippen LogP) is 1.81. The summed E-state index contributed by atoms with van der Waals surface area (Å²) in [5, 5.41) is 0. The van der Waals surface area contributed by atoms with Gasteiger partial charge < -0.3 is 18.8 Å². The van der Waals surface area contributed by atoms with E-state index in [1.807, 2.05) is 0 Å². The Morgan fingerprint density at radius 3 is 2.10 bits per heavy atom. The molecule has 1 aromatic carbocycles. The molecule has 0 atom stereocenters. The molecule has 2 heterocycles. The number of carbonyl (C=O) groups is 2. The van der Waals surface area contributed by atoms with Gasteiger partial charge in [0.05, 0.1) is 25.3 Å². The molecule has 6 nitrogen and oxygen atoms in total. The van der Waals surface area contributed by atoms with E-state index in [9.17, 15) is 9.59 Å². The summed E-state index contributed by atoms with van der Waals surface area (Å²) in [6, 6.07) is 5.30. The number of carbonyl (C=O) groups excluding carboxylic acids is 2. The van der Waals surface area contributed by atoms with Crippen molar-refractivity contribution in [1.82, 2.24) is 4.57 Å². The number of rotatable bonds is 3. The fourth-order valence-electron chi connectivity index (χ4n) is 2.11. The van der Waals surface area contributed by atoms with Crippen LogP contribution in [-0.4, -0.2) is 30.7 Å². The molecule has 0 unspecified atom stereocenters. The molecule has 2 aromatic rings. The van der Waals surface area contributed by atoms with Crippen LogP contribution in [0.15, 0.2) is 30.6 Å². The minimum absolute atomic E-state index is 0.268. The highest BCUT2D eigenvalue weighted by molar-refractivity contribution is 6.14. The van der Waals surface area contributed by atoms with E-state index in [1.54, 1.807) is 42.3 Å². The van der Waals surface area contributed by atoms with Crippen LogP contribution < -0.4 is 9.47 Å². The van der Waals surface area contributed by atoms with Gasteiger partial charge >= 0.3 is 11.9 Å². The summed E-state index contributed by atoms with van der Waals surface area (Å²) < 4.78 is 16.6. The molecule has 0 spiro atoms. The average molecular weight is 273 g/mol. The van der Waals surface area contributed by atoms with Crippen LogP contribution in [0.1, 0.15) is 20.7 Å². The highest BCUT2D eigenvalue weighted by Crippen LogP contribution is 2.30. The first-order valence-corrected chi connectivity index (χ1v) is 5.85. The molecule has 1 aromatic heterocycles. The van der Waals surface area contributed by atoms with Crippen LogP contribution in [0.2, 0.25) is 0 Å². The van der Waals surface area contributed by atoms with Crippen molar-refractivity contribution in [3.63, 3.8) is 0 Å². The number of esters is 2. The van der Waals surface area contributed by atoms with Gasteiger partial charge in [-0.1, -0.05) is 0 Å². The number of fused-ring (bicyclic) bond motifs is 1. The van der Waals surface area contributed by atoms with Gasteiger partial charge in [-0.2, -0.15) is 0 Å². The number of benzene rings is 1. The van der Waals surface area contributed by atoms with Crippen LogP contribution in [0.4, 0.5) is 0 Å². The molecule has 20 heavy (non-hydrogen) atoms. The largest absolute Gasteiger partial charge is 0.493 e. The highest BCUT2D eigenvalue weighted by Gasteiger charge is 2.31. The van der Waals surface area contributed by atoms with Gasteiger partial charge in [0.1, 0.15) is 0 Å². The van der Waals surface area contributed by atoms with Crippen molar-refractivity contribution >= 4 is 11.9 Å². The second kappa shape index (κ2) is 4.41. The van der Waals surface area contributed by atoms with Gasteiger partial charge in [0.2, 0.25) is 0 Å². The Morgan fingerprint density at radius 1 is 0.950 bits per heavy atom. The molecule has 0 aliphatic carbocycles. The third kappa shape index (κ3) is 1.73. The topological polar surface area (TPSA) is 66.8 Å². The van der Waals surface area contributed by atoms with E-state index in [0.29, 0.717) is 11.5 Å². The fraction of sp³-hybridized carbons (Fsp3) is 0.143. The van der Waals surface area contributed by atoms with Crippen molar-refractivity contribution in [2.75, 3.05) is 14.2 Å². The van der Waals surface area contributed by atoms with E-state index in [0.717, 1.165) is 5.69 Å². The number of cyclic esters (lactones) is 2. The Morgan fingerprint density at radius 2 is 1.55 bits per heavy atom. The zero-order valence-corrected chi connectivity index (χ0v) is 10.9. The Labute approximate surface area is 114 Å². The van der Waals surface area contributed by atoms with E-state index in [4.69, 9.17) is 9.47 Å². The van der Waals surface area contributed by atoms with Gasteiger partial charge in [-0.05, 0) is 12.1 Å². The molecule has 0 amide bonds. The zero-order valence-electron chi connectivity index (χ0n) is 10.9. The molecule has 1 aliphatic rings. The van der Waals surface area contributed by atoms with E-state index in [1.165, 1.54) is 7.11 Å². The third-order valence-corrected chi connectivity index (χ3v) is 3.12. The van der Waals surface area contributed by atoms with Crippen molar-refractivity contribution in [3.8, 4) is 17.2 Å². The van der Waals surface area contributed by atoms with Crippen molar-refractivity contribution in [2.45, 2.75) is 0 Å². The lowest BCUT2D eigenvalue weighted by Gasteiger charge is -2.10. The fourth-order valence-corrected chi connectivity index (χ4v) is 2.11. The average Bonchev–Trinajstić information content (AvgIpc) is 3.01. The molecular weight excluding hydrogens is 262 g/mol. The van der Waals surface area contributed by atoms with Crippen LogP contribution in [0.5, 0.6) is 11.5 Å². The quantitative estimate of drug-likeness (QED) is 0.630. The molecule has 1 aliphatic heterocycles. The first-order valence-electron chi connectivity index (χ1n) is 5.85. The molecule has 6 heteroatoms. The van der Waals surface area contributed by atoms with Crippen molar-refractivity contribution in [3.05, 3.63) is 41.7 Å². The highest BCUT2D eigenvalue weighted by atomic mass is 16.6. The Balaban J connectivity index is 2.06. The number of hydrogen-bond donors (Lipinski definition) is 0. The summed E-state index contributed by atoms with van der Waals surface area (Å²) in [6.45, 7) is 0. The lowest BCUT2D eigenvalue weighted by atomic mass is 10.2. The summed E-state index contributed by atoms with van der Waals surface area (Å²) in [7, 11) is 3.09. The smallest absolute Gasteiger partial charge is 0.348 e. The number of nitrogens with zero attached hydrogens (tertiary/aromatic N) is 1. The summed E-state index contributed by atoms with van der Waals surface area (Å²) in [5.74, 6) is -0.0763. The maximum Gasteiger partial charge on any atom is 0.348 e. The standard InChI is InChI=1S/C14H11NO5/c1-18-11-4-3-8(5-12(11)19-2)15-6-9-10(7-15)14(17)20-13(9)16/h3-7H,1-2H3. The monoisotopic (exact) mass is 273 g/mol. The summed E-state index contributed by atoms with van der Waals surface area (Å²) in [4.78, 5) is 22.9. The Bertz CT molecular complexity index is 685. The Kier molecular flexibility index (Phi) is 2.71. The van der Waals surface area contributed by atoms with Crippen molar-refractivity contribution in [2.24, 2.45) is 0 Å². The molecule has 0 radical (unpaired) electrons. The molecule has 3 rings (SSSR count). The van der Waals surface area contributed by atoms with Gasteiger partial charge in [0.15, 0.2) is 11.5 Å². The van der Waals surface area contributed by atoms with Crippen molar-refractivity contribution < 1.29 is 23.8 Å².